The fraction of sp³-hybridized carbons (Fsp3) is 0.0667. The van der Waals surface area contributed by atoms with E-state index < -0.39 is 11.8 Å². The van der Waals surface area contributed by atoms with Crippen LogP contribution in [0.3, 0.4) is 0 Å². The Labute approximate surface area is 126 Å². The van der Waals surface area contributed by atoms with E-state index in [-0.39, 0.29) is 6.61 Å². The minimum absolute atomic E-state index is 0.227. The van der Waals surface area contributed by atoms with Crippen LogP contribution in [-0.4, -0.2) is 18.4 Å². The van der Waals surface area contributed by atoms with Crippen LogP contribution in [0, 0.1) is 0 Å². The van der Waals surface area contributed by atoms with Gasteiger partial charge < -0.3 is 4.74 Å². The summed E-state index contributed by atoms with van der Waals surface area (Å²) in [6.45, 7) is -0.227. The third kappa shape index (κ3) is 4.81. The van der Waals surface area contributed by atoms with E-state index >= 15 is 0 Å². The van der Waals surface area contributed by atoms with E-state index in [0.29, 0.717) is 16.3 Å². The van der Waals surface area contributed by atoms with E-state index in [1.165, 1.54) is 0 Å². The number of carbonyl (C=O) groups excluding carboxylic acids is 2. The molecule has 0 saturated heterocycles. The Balaban J connectivity index is 1.76. The molecular formula is C15H13ClN2O3. The first-order valence-electron chi connectivity index (χ1n) is 6.18. The van der Waals surface area contributed by atoms with Crippen LogP contribution in [0.4, 0.5) is 0 Å². The largest absolute Gasteiger partial charge is 0.484 e. The molecule has 2 aromatic carbocycles. The average molecular weight is 305 g/mol. The van der Waals surface area contributed by atoms with Gasteiger partial charge in [0.2, 0.25) is 0 Å². The van der Waals surface area contributed by atoms with E-state index in [4.69, 9.17) is 16.3 Å². The fourth-order valence-corrected chi connectivity index (χ4v) is 1.71. The first-order valence-corrected chi connectivity index (χ1v) is 6.55. The van der Waals surface area contributed by atoms with E-state index in [2.05, 4.69) is 10.9 Å². The summed E-state index contributed by atoms with van der Waals surface area (Å²) in [5.41, 5.74) is 5.02. The molecule has 0 fully saturated rings. The van der Waals surface area contributed by atoms with Gasteiger partial charge >= 0.3 is 0 Å². The van der Waals surface area contributed by atoms with Crippen molar-refractivity contribution in [1.82, 2.24) is 10.9 Å². The van der Waals surface area contributed by atoms with Crippen LogP contribution in [-0.2, 0) is 4.79 Å². The van der Waals surface area contributed by atoms with Gasteiger partial charge in [-0.25, -0.2) is 0 Å². The number of hydrazine groups is 1. The second-order valence-electron chi connectivity index (χ2n) is 4.11. The first kappa shape index (κ1) is 14.9. The van der Waals surface area contributed by atoms with Crippen molar-refractivity contribution in [2.45, 2.75) is 0 Å². The van der Waals surface area contributed by atoms with Crippen molar-refractivity contribution in [3.63, 3.8) is 0 Å². The van der Waals surface area contributed by atoms with Crippen LogP contribution in [0.25, 0.3) is 0 Å². The second-order valence-corrected chi connectivity index (χ2v) is 4.55. The Bertz CT molecular complexity index is 632. The number of carbonyl (C=O) groups is 2. The molecule has 5 nitrogen and oxygen atoms in total. The molecule has 0 heterocycles. The number of ether oxygens (including phenoxy) is 1. The summed E-state index contributed by atoms with van der Waals surface area (Å²) in [6, 6.07) is 15.3. The average Bonchev–Trinajstić information content (AvgIpc) is 2.51. The van der Waals surface area contributed by atoms with Crippen molar-refractivity contribution in [3.05, 3.63) is 65.2 Å². The predicted molar refractivity (Wildman–Crippen MR) is 79.0 cm³/mol. The van der Waals surface area contributed by atoms with Crippen LogP contribution >= 0.6 is 11.6 Å². The number of benzene rings is 2. The molecule has 2 amide bonds. The smallest absolute Gasteiger partial charge is 0.276 e. The summed E-state index contributed by atoms with van der Waals surface area (Å²) >= 11 is 5.79. The SMILES string of the molecule is O=C(COc1cccc(Cl)c1)NNC(=O)c1ccccc1. The van der Waals surface area contributed by atoms with Crippen molar-refractivity contribution < 1.29 is 14.3 Å². The van der Waals surface area contributed by atoms with Crippen molar-refractivity contribution in [1.29, 1.82) is 0 Å². The third-order valence-electron chi connectivity index (χ3n) is 2.52. The molecular weight excluding hydrogens is 292 g/mol. The van der Waals surface area contributed by atoms with E-state index in [1.807, 2.05) is 0 Å². The monoisotopic (exact) mass is 304 g/mol. The molecule has 21 heavy (non-hydrogen) atoms. The van der Waals surface area contributed by atoms with Gasteiger partial charge in [-0.2, -0.15) is 0 Å². The Kier molecular flexibility index (Phi) is 5.17. The molecule has 0 aliphatic heterocycles. The third-order valence-corrected chi connectivity index (χ3v) is 2.75. The lowest BCUT2D eigenvalue weighted by Crippen LogP contribution is -2.43. The van der Waals surface area contributed by atoms with Gasteiger partial charge in [-0.3, -0.25) is 20.4 Å². The van der Waals surface area contributed by atoms with Crippen LogP contribution in [0.15, 0.2) is 54.6 Å². The lowest BCUT2D eigenvalue weighted by Gasteiger charge is -2.09. The number of hydrogen-bond acceptors (Lipinski definition) is 3. The number of rotatable bonds is 4. The maximum atomic E-state index is 11.7. The topological polar surface area (TPSA) is 67.4 Å². The van der Waals surface area contributed by atoms with E-state index in [9.17, 15) is 9.59 Å². The van der Waals surface area contributed by atoms with Crippen molar-refractivity contribution >= 4 is 23.4 Å². The summed E-state index contributed by atoms with van der Waals surface area (Å²) in [5, 5.41) is 0.519. The summed E-state index contributed by atoms with van der Waals surface area (Å²) < 4.78 is 5.24. The number of nitrogens with one attached hydrogen (secondary N) is 2. The van der Waals surface area contributed by atoms with Crippen molar-refractivity contribution in [3.8, 4) is 5.75 Å². The van der Waals surface area contributed by atoms with E-state index in [0.717, 1.165) is 0 Å². The molecule has 0 unspecified atom stereocenters. The van der Waals surface area contributed by atoms with Gasteiger partial charge in [-0.1, -0.05) is 35.9 Å². The molecule has 2 rings (SSSR count). The zero-order valence-electron chi connectivity index (χ0n) is 11.0. The lowest BCUT2D eigenvalue weighted by atomic mass is 10.2. The fourth-order valence-electron chi connectivity index (χ4n) is 1.53. The zero-order chi connectivity index (χ0) is 15.1. The summed E-state index contributed by atoms with van der Waals surface area (Å²) in [5.74, 6) is -0.391. The van der Waals surface area contributed by atoms with Crippen LogP contribution in [0.2, 0.25) is 5.02 Å². The highest BCUT2D eigenvalue weighted by atomic mass is 35.5. The predicted octanol–water partition coefficient (Wildman–Crippen LogP) is 2.18. The normalized spacial score (nSPS) is 9.76. The number of halogens is 1. The van der Waals surface area contributed by atoms with E-state index in [1.54, 1.807) is 54.6 Å². The molecule has 0 aromatic heterocycles. The minimum Gasteiger partial charge on any atom is -0.484 e. The van der Waals surface area contributed by atoms with Gasteiger partial charge in [0.25, 0.3) is 11.8 Å². The van der Waals surface area contributed by atoms with Crippen LogP contribution in [0.5, 0.6) is 5.75 Å². The summed E-state index contributed by atoms with van der Waals surface area (Å²) in [4.78, 5) is 23.2. The molecule has 2 N–H and O–H groups in total. The second kappa shape index (κ2) is 7.31. The molecule has 0 spiro atoms. The van der Waals surface area contributed by atoms with Crippen molar-refractivity contribution in [2.24, 2.45) is 0 Å². The molecule has 0 saturated carbocycles. The first-order chi connectivity index (χ1) is 10.1. The molecule has 0 radical (unpaired) electrons. The molecule has 6 heteroatoms. The maximum Gasteiger partial charge on any atom is 0.276 e. The Morgan fingerprint density at radius 3 is 2.48 bits per heavy atom. The lowest BCUT2D eigenvalue weighted by molar-refractivity contribution is -0.123. The number of hydrogen-bond donors (Lipinski definition) is 2. The van der Waals surface area contributed by atoms with Gasteiger partial charge in [0.1, 0.15) is 5.75 Å². The van der Waals surface area contributed by atoms with Gasteiger partial charge in [-0.15, -0.1) is 0 Å². The van der Waals surface area contributed by atoms with Crippen molar-refractivity contribution in [2.75, 3.05) is 6.61 Å². The van der Waals surface area contributed by atoms with Gasteiger partial charge in [0.15, 0.2) is 6.61 Å². The van der Waals surface area contributed by atoms with Gasteiger partial charge in [0.05, 0.1) is 0 Å². The highest BCUT2D eigenvalue weighted by Crippen LogP contribution is 2.16. The maximum absolute atomic E-state index is 11.7. The van der Waals surface area contributed by atoms with Crippen LogP contribution in [0.1, 0.15) is 10.4 Å². The quantitative estimate of drug-likeness (QED) is 0.851. The Morgan fingerprint density at radius 2 is 1.76 bits per heavy atom. The molecule has 0 aliphatic carbocycles. The Morgan fingerprint density at radius 1 is 1.00 bits per heavy atom. The molecule has 108 valence electrons. The molecule has 0 aliphatic rings. The highest BCUT2D eigenvalue weighted by molar-refractivity contribution is 6.30. The summed E-state index contributed by atoms with van der Waals surface area (Å²) in [7, 11) is 0. The Hall–Kier alpha value is -2.53. The molecule has 0 atom stereocenters. The minimum atomic E-state index is -0.473. The van der Waals surface area contributed by atoms with Crippen LogP contribution < -0.4 is 15.6 Å². The summed E-state index contributed by atoms with van der Waals surface area (Å²) in [6.07, 6.45) is 0. The zero-order valence-corrected chi connectivity index (χ0v) is 11.8. The number of amides is 2. The standard InChI is InChI=1S/C15H13ClN2O3/c16-12-7-4-8-13(9-12)21-10-14(19)17-18-15(20)11-5-2-1-3-6-11/h1-9H,10H2,(H,17,19)(H,18,20). The molecule has 0 bridgehead atoms. The van der Waals surface area contributed by atoms with Gasteiger partial charge in [-0.05, 0) is 30.3 Å². The van der Waals surface area contributed by atoms with Gasteiger partial charge in [0, 0.05) is 10.6 Å². The molecule has 2 aromatic rings. The highest BCUT2D eigenvalue weighted by Gasteiger charge is 2.07.